The Morgan fingerprint density at radius 3 is 1.91 bits per heavy atom. The summed E-state index contributed by atoms with van der Waals surface area (Å²) >= 11 is -2.19. The number of rotatable bonds is 11. The van der Waals surface area contributed by atoms with Crippen molar-refractivity contribution in [3.8, 4) is 0 Å². The van der Waals surface area contributed by atoms with Gasteiger partial charge in [-0.1, -0.05) is 0 Å². The summed E-state index contributed by atoms with van der Waals surface area (Å²) < 4.78 is 12.9. The molecule has 1 heterocycles. The van der Waals surface area contributed by atoms with E-state index in [1.165, 1.54) is 51.8 Å². The molecular weight excluding hydrogens is 379 g/mol. The van der Waals surface area contributed by atoms with Crippen molar-refractivity contribution in [2.45, 2.75) is 104 Å². The molecule has 0 radical (unpaired) electrons. The van der Waals surface area contributed by atoms with Gasteiger partial charge in [-0.05, 0) is 0 Å². The van der Waals surface area contributed by atoms with Crippen molar-refractivity contribution in [2.75, 3.05) is 0 Å². The van der Waals surface area contributed by atoms with Crippen molar-refractivity contribution in [1.82, 2.24) is 0 Å². The molecule has 1 aliphatic heterocycles. The summed E-state index contributed by atoms with van der Waals surface area (Å²) in [6.45, 7) is 9.10. The summed E-state index contributed by atoms with van der Waals surface area (Å²) in [6.07, 6.45) is 11.7. The van der Waals surface area contributed by atoms with Crippen LogP contribution in [0.5, 0.6) is 0 Å². The van der Waals surface area contributed by atoms with Crippen molar-refractivity contribution in [3.63, 3.8) is 0 Å². The summed E-state index contributed by atoms with van der Waals surface area (Å²) in [5.74, 6) is 0. The van der Waals surface area contributed by atoms with Gasteiger partial charge in [0.25, 0.3) is 0 Å². The summed E-state index contributed by atoms with van der Waals surface area (Å²) in [4.78, 5) is 0. The maximum absolute atomic E-state index is 9.68. The fourth-order valence-corrected chi connectivity index (χ4v) is 18.2. The van der Waals surface area contributed by atoms with Gasteiger partial charge in [-0.15, -0.1) is 0 Å². The third-order valence-corrected chi connectivity index (χ3v) is 19.2. The van der Waals surface area contributed by atoms with Crippen molar-refractivity contribution < 1.29 is 9.84 Å². The zero-order valence-electron chi connectivity index (χ0n) is 15.4. The topological polar surface area (TPSA) is 29.5 Å². The molecule has 0 aromatic heterocycles. The first-order chi connectivity index (χ1) is 10.5. The van der Waals surface area contributed by atoms with Gasteiger partial charge in [0.15, 0.2) is 0 Å². The molecule has 22 heavy (non-hydrogen) atoms. The molecule has 0 spiro atoms. The van der Waals surface area contributed by atoms with Crippen LogP contribution in [0.15, 0.2) is 10.2 Å². The Balaban J connectivity index is 2.84. The first-order valence-electron chi connectivity index (χ1n) is 9.55. The molecule has 0 aromatic carbocycles. The molecule has 1 N–H and O–H groups in total. The van der Waals surface area contributed by atoms with Crippen LogP contribution in [-0.4, -0.2) is 35.4 Å². The van der Waals surface area contributed by atoms with Crippen LogP contribution in [0.2, 0.25) is 13.3 Å². The van der Waals surface area contributed by atoms with Gasteiger partial charge in [-0.2, -0.15) is 0 Å². The van der Waals surface area contributed by atoms with Crippen LogP contribution in [-0.2, 0) is 4.74 Å². The Bertz CT molecular complexity index is 308. The first-order valence-corrected chi connectivity index (χ1v) is 17.3. The molecule has 0 bridgehead atoms. The molecule has 1 saturated heterocycles. The summed E-state index contributed by atoms with van der Waals surface area (Å²) in [5, 5.41) is 9.68. The van der Waals surface area contributed by atoms with Gasteiger partial charge in [0, 0.05) is 0 Å². The van der Waals surface area contributed by atoms with E-state index in [4.69, 9.17) is 4.74 Å². The van der Waals surface area contributed by atoms with Crippen LogP contribution in [0.25, 0.3) is 0 Å². The molecule has 3 heteroatoms. The monoisotopic (exact) mass is 418 g/mol. The normalized spacial score (nSPS) is 26.1. The molecule has 1 rings (SSSR count). The minimum absolute atomic E-state index is 0.216. The fraction of sp³-hybridized carbons (Fsp3) is 0.895. The van der Waals surface area contributed by atoms with Crippen molar-refractivity contribution in [1.29, 1.82) is 0 Å². The van der Waals surface area contributed by atoms with Crippen molar-refractivity contribution in [3.05, 3.63) is 10.2 Å². The van der Waals surface area contributed by atoms with Crippen LogP contribution in [0.4, 0.5) is 0 Å². The molecule has 0 aliphatic carbocycles. The summed E-state index contributed by atoms with van der Waals surface area (Å²) in [6, 6.07) is 0. The van der Waals surface area contributed by atoms with Gasteiger partial charge in [0.05, 0.1) is 0 Å². The Kier molecular flexibility index (Phi) is 9.65. The van der Waals surface area contributed by atoms with Crippen LogP contribution in [0.1, 0.15) is 79.1 Å². The zero-order chi connectivity index (χ0) is 16.5. The van der Waals surface area contributed by atoms with Gasteiger partial charge < -0.3 is 0 Å². The maximum atomic E-state index is 9.68. The van der Waals surface area contributed by atoms with E-state index in [-0.39, 0.29) is 5.60 Å². The molecule has 2 nitrogen and oxygen atoms in total. The molecule has 1 aliphatic rings. The molecule has 1 unspecified atom stereocenters. The Labute approximate surface area is 142 Å². The quantitative estimate of drug-likeness (QED) is 0.430. The van der Waals surface area contributed by atoms with E-state index < -0.39 is 24.7 Å². The minimum atomic E-state index is -2.19. The molecule has 0 saturated carbocycles. The first kappa shape index (κ1) is 20.5. The van der Waals surface area contributed by atoms with E-state index in [1.54, 1.807) is 0 Å². The third kappa shape index (κ3) is 6.92. The number of unbranched alkanes of at least 4 members (excludes halogenated alkanes) is 3. The number of aliphatic hydroxyl groups excluding tert-OH is 1. The van der Waals surface area contributed by atoms with Crippen LogP contribution < -0.4 is 0 Å². The van der Waals surface area contributed by atoms with Gasteiger partial charge in [-0.25, -0.2) is 0 Å². The second kappa shape index (κ2) is 10.3. The van der Waals surface area contributed by atoms with E-state index in [0.717, 1.165) is 12.8 Å². The summed E-state index contributed by atoms with van der Waals surface area (Å²) in [5.41, 5.74) is -0.216. The number of hydrogen-bond acceptors (Lipinski definition) is 2. The van der Waals surface area contributed by atoms with E-state index in [9.17, 15) is 5.11 Å². The Morgan fingerprint density at radius 2 is 1.55 bits per heavy atom. The molecule has 1 fully saturated rings. The Hall–Kier alpha value is 0.459. The van der Waals surface area contributed by atoms with Gasteiger partial charge in [0.2, 0.25) is 0 Å². The molecule has 0 aromatic rings. The van der Waals surface area contributed by atoms with E-state index in [1.807, 2.05) is 0 Å². The van der Waals surface area contributed by atoms with Crippen LogP contribution >= 0.6 is 0 Å². The summed E-state index contributed by atoms with van der Waals surface area (Å²) in [7, 11) is 0. The van der Waals surface area contributed by atoms with Crippen molar-refractivity contribution >= 4 is 18.4 Å². The third-order valence-electron chi connectivity index (χ3n) is 5.17. The predicted octanol–water partition coefficient (Wildman–Crippen LogP) is 5.82. The average molecular weight is 417 g/mol. The number of ether oxygens (including phenoxy) is 1. The number of hydrogen-bond donors (Lipinski definition) is 1. The van der Waals surface area contributed by atoms with Gasteiger partial charge in [-0.3, -0.25) is 0 Å². The van der Waals surface area contributed by atoms with Crippen LogP contribution in [0, 0.1) is 0 Å². The molecular formula is C19H38O2Sn. The average Bonchev–Trinajstić information content (AvgIpc) is 2.86. The van der Waals surface area contributed by atoms with E-state index in [2.05, 4.69) is 37.9 Å². The fourth-order valence-electron chi connectivity index (χ4n) is 3.53. The van der Waals surface area contributed by atoms with E-state index in [0.29, 0.717) is 0 Å². The Morgan fingerprint density at radius 1 is 1.05 bits per heavy atom. The van der Waals surface area contributed by atoms with Gasteiger partial charge >= 0.3 is 143 Å². The van der Waals surface area contributed by atoms with Crippen molar-refractivity contribution in [2.24, 2.45) is 0 Å². The molecule has 130 valence electrons. The molecule has 2 atom stereocenters. The number of aliphatic hydroxyl groups is 1. The van der Waals surface area contributed by atoms with Gasteiger partial charge in [0.1, 0.15) is 0 Å². The van der Waals surface area contributed by atoms with E-state index >= 15 is 0 Å². The second-order valence-electron chi connectivity index (χ2n) is 7.43. The predicted molar refractivity (Wildman–Crippen MR) is 98.8 cm³/mol. The SMILES string of the molecule is CCC[CH2][Sn](/[CH]=C/[C@]1(C)CCC(O)O1)([CH2]CCC)[CH2]CCC. The standard InChI is InChI=1S/C7H11O2.3C4H9.Sn/c1-3-7(2)5-4-6(8)9-7;3*1-3-4-2;/h1,3,6,8H,4-5H2,2H3;3*1,3-4H2,2H3;/t6?,7-;;;;/m1..../s1. The molecule has 0 amide bonds. The second-order valence-corrected chi connectivity index (χ2v) is 20.4. The van der Waals surface area contributed by atoms with Crippen LogP contribution in [0.3, 0.4) is 0 Å². The zero-order valence-corrected chi connectivity index (χ0v) is 18.2.